The number of benzene rings is 1. The number of aliphatic hydroxyl groups excluding tert-OH is 1. The largest absolute Gasteiger partial charge is 0.472 e. The summed E-state index contributed by atoms with van der Waals surface area (Å²) in [6, 6.07) is 7.92. The smallest absolute Gasteiger partial charge is 0.240 e. The van der Waals surface area contributed by atoms with E-state index >= 15 is 0 Å². The molecule has 0 saturated carbocycles. The molecule has 0 aliphatic carbocycles. The van der Waals surface area contributed by atoms with Crippen LogP contribution >= 0.6 is 0 Å². The molecule has 0 bridgehead atoms. The van der Waals surface area contributed by atoms with E-state index in [-0.39, 0.29) is 18.0 Å². The van der Waals surface area contributed by atoms with Crippen molar-refractivity contribution in [3.05, 3.63) is 54.0 Å². The van der Waals surface area contributed by atoms with E-state index in [9.17, 15) is 8.42 Å². The van der Waals surface area contributed by atoms with Gasteiger partial charge in [-0.15, -0.1) is 0 Å². The van der Waals surface area contributed by atoms with Gasteiger partial charge in [0.25, 0.3) is 0 Å². The minimum absolute atomic E-state index is 0.130. The second kappa shape index (κ2) is 6.39. The predicted molar refractivity (Wildman–Crippen MR) is 73.1 cm³/mol. The summed E-state index contributed by atoms with van der Waals surface area (Å²) in [5.74, 6) is 5.14. The molecule has 1 heterocycles. The quantitative estimate of drug-likeness (QED) is 0.827. The second-order valence-electron chi connectivity index (χ2n) is 3.94. The van der Waals surface area contributed by atoms with Crippen LogP contribution in [-0.2, 0) is 16.6 Å². The Balaban J connectivity index is 2.16. The summed E-state index contributed by atoms with van der Waals surface area (Å²) in [5, 5.41) is 8.63. The molecule has 0 unspecified atom stereocenters. The molecule has 20 heavy (non-hydrogen) atoms. The van der Waals surface area contributed by atoms with E-state index < -0.39 is 10.0 Å². The lowest BCUT2D eigenvalue weighted by Gasteiger charge is -2.05. The normalized spacial score (nSPS) is 10.8. The Morgan fingerprint density at radius 3 is 2.85 bits per heavy atom. The van der Waals surface area contributed by atoms with Crippen molar-refractivity contribution in [2.45, 2.75) is 11.4 Å². The fourth-order valence-electron chi connectivity index (χ4n) is 1.54. The molecule has 104 valence electrons. The first kappa shape index (κ1) is 14.3. The Bertz CT molecular complexity index is 724. The third kappa shape index (κ3) is 3.71. The van der Waals surface area contributed by atoms with Crippen LogP contribution in [0.15, 0.2) is 52.2 Å². The van der Waals surface area contributed by atoms with E-state index in [0.717, 1.165) is 5.56 Å². The van der Waals surface area contributed by atoms with Crippen LogP contribution in [0.3, 0.4) is 0 Å². The molecule has 2 N–H and O–H groups in total. The van der Waals surface area contributed by atoms with Gasteiger partial charge in [-0.3, -0.25) is 0 Å². The number of rotatable bonds is 4. The van der Waals surface area contributed by atoms with Gasteiger partial charge in [0.15, 0.2) is 0 Å². The average Bonchev–Trinajstić information content (AvgIpc) is 2.97. The number of furan rings is 1. The molecule has 2 rings (SSSR count). The van der Waals surface area contributed by atoms with Crippen LogP contribution in [-0.4, -0.2) is 20.1 Å². The Hall–Kier alpha value is -2.07. The molecule has 1 aromatic carbocycles. The molecule has 2 aromatic rings. The Kier molecular flexibility index (Phi) is 4.58. The molecule has 0 spiro atoms. The summed E-state index contributed by atoms with van der Waals surface area (Å²) < 4.78 is 31.6. The van der Waals surface area contributed by atoms with Crippen molar-refractivity contribution in [3.63, 3.8) is 0 Å². The van der Waals surface area contributed by atoms with Crippen molar-refractivity contribution >= 4 is 10.0 Å². The molecule has 0 radical (unpaired) electrons. The van der Waals surface area contributed by atoms with E-state index in [1.807, 2.05) is 0 Å². The Morgan fingerprint density at radius 1 is 1.30 bits per heavy atom. The van der Waals surface area contributed by atoms with Gasteiger partial charge < -0.3 is 9.52 Å². The predicted octanol–water partition coefficient (Wildman–Crippen LogP) is 1.10. The summed E-state index contributed by atoms with van der Waals surface area (Å²) in [4.78, 5) is 0.130. The first-order valence-corrected chi connectivity index (χ1v) is 7.31. The summed E-state index contributed by atoms with van der Waals surface area (Å²) >= 11 is 0. The fraction of sp³-hybridized carbons (Fsp3) is 0.143. The van der Waals surface area contributed by atoms with Gasteiger partial charge in [0.1, 0.15) is 6.61 Å². The van der Waals surface area contributed by atoms with Crippen LogP contribution < -0.4 is 4.72 Å². The zero-order valence-electron chi connectivity index (χ0n) is 10.5. The SMILES string of the molecule is O=S(=O)(NCc1ccoc1)c1cccc(C#CCO)c1. The minimum atomic E-state index is -3.61. The monoisotopic (exact) mass is 291 g/mol. The van der Waals surface area contributed by atoms with Gasteiger partial charge in [-0.05, 0) is 24.3 Å². The summed E-state index contributed by atoms with van der Waals surface area (Å²) in [7, 11) is -3.61. The van der Waals surface area contributed by atoms with Crippen molar-refractivity contribution in [2.75, 3.05) is 6.61 Å². The van der Waals surface area contributed by atoms with E-state index in [1.54, 1.807) is 18.2 Å². The van der Waals surface area contributed by atoms with Gasteiger partial charge >= 0.3 is 0 Å². The minimum Gasteiger partial charge on any atom is -0.472 e. The zero-order valence-corrected chi connectivity index (χ0v) is 11.4. The molecule has 0 amide bonds. The molecule has 5 nitrogen and oxygen atoms in total. The lowest BCUT2D eigenvalue weighted by molar-refractivity contribution is 0.350. The molecule has 0 fully saturated rings. The maximum absolute atomic E-state index is 12.1. The van der Waals surface area contributed by atoms with Crippen LogP contribution in [0.1, 0.15) is 11.1 Å². The van der Waals surface area contributed by atoms with E-state index in [2.05, 4.69) is 16.6 Å². The summed E-state index contributed by atoms with van der Waals surface area (Å²) in [5.41, 5.74) is 1.27. The number of hydrogen-bond acceptors (Lipinski definition) is 4. The lowest BCUT2D eigenvalue weighted by Crippen LogP contribution is -2.23. The maximum Gasteiger partial charge on any atom is 0.240 e. The number of aliphatic hydroxyl groups is 1. The number of nitrogens with one attached hydrogen (secondary N) is 1. The Morgan fingerprint density at radius 2 is 2.15 bits per heavy atom. The van der Waals surface area contributed by atoms with Gasteiger partial charge in [0.05, 0.1) is 17.4 Å². The summed E-state index contributed by atoms with van der Waals surface area (Å²) in [6.07, 6.45) is 2.96. The van der Waals surface area contributed by atoms with Crippen molar-refractivity contribution in [3.8, 4) is 11.8 Å². The van der Waals surface area contributed by atoms with Gasteiger partial charge in [0.2, 0.25) is 10.0 Å². The summed E-state index contributed by atoms with van der Waals surface area (Å²) in [6.45, 7) is -0.110. The van der Waals surface area contributed by atoms with E-state index in [4.69, 9.17) is 9.52 Å². The highest BCUT2D eigenvalue weighted by molar-refractivity contribution is 7.89. The van der Waals surface area contributed by atoms with Crippen molar-refractivity contribution in [1.29, 1.82) is 0 Å². The standard InChI is InChI=1S/C14H13NO4S/c16-7-2-4-12-3-1-5-14(9-12)20(17,18)15-10-13-6-8-19-11-13/h1,3,5-6,8-9,11,15-16H,7,10H2. The molecular weight excluding hydrogens is 278 g/mol. The van der Waals surface area contributed by atoms with Crippen molar-refractivity contribution in [2.24, 2.45) is 0 Å². The van der Waals surface area contributed by atoms with Crippen LogP contribution in [0.4, 0.5) is 0 Å². The van der Waals surface area contributed by atoms with Crippen LogP contribution in [0.5, 0.6) is 0 Å². The zero-order chi connectivity index (χ0) is 14.4. The molecule has 0 saturated heterocycles. The van der Waals surface area contributed by atoms with Crippen molar-refractivity contribution < 1.29 is 17.9 Å². The fourth-order valence-corrected chi connectivity index (χ4v) is 2.60. The maximum atomic E-state index is 12.1. The van der Waals surface area contributed by atoms with Crippen LogP contribution in [0.25, 0.3) is 0 Å². The third-order valence-electron chi connectivity index (χ3n) is 2.50. The van der Waals surface area contributed by atoms with Gasteiger partial charge in [0, 0.05) is 17.7 Å². The highest BCUT2D eigenvalue weighted by Crippen LogP contribution is 2.11. The number of sulfonamides is 1. The highest BCUT2D eigenvalue weighted by atomic mass is 32.2. The van der Waals surface area contributed by atoms with Gasteiger partial charge in [-0.1, -0.05) is 17.9 Å². The molecule has 1 aromatic heterocycles. The second-order valence-corrected chi connectivity index (χ2v) is 5.71. The van der Waals surface area contributed by atoms with Crippen molar-refractivity contribution in [1.82, 2.24) is 4.72 Å². The Labute approximate surface area is 117 Å². The third-order valence-corrected chi connectivity index (χ3v) is 3.90. The van der Waals surface area contributed by atoms with Gasteiger partial charge in [-0.2, -0.15) is 0 Å². The van der Waals surface area contributed by atoms with Gasteiger partial charge in [-0.25, -0.2) is 13.1 Å². The van der Waals surface area contributed by atoms with E-state index in [1.165, 1.54) is 24.7 Å². The molecular formula is C14H13NO4S. The highest BCUT2D eigenvalue weighted by Gasteiger charge is 2.13. The lowest BCUT2D eigenvalue weighted by atomic mass is 10.2. The molecule has 0 aliphatic heterocycles. The number of hydrogen-bond donors (Lipinski definition) is 2. The first-order valence-electron chi connectivity index (χ1n) is 5.82. The first-order chi connectivity index (χ1) is 9.62. The van der Waals surface area contributed by atoms with E-state index in [0.29, 0.717) is 5.56 Å². The molecule has 0 atom stereocenters. The topological polar surface area (TPSA) is 79.5 Å². The molecule has 0 aliphatic rings. The molecule has 6 heteroatoms. The van der Waals surface area contributed by atoms with Crippen LogP contribution in [0, 0.1) is 11.8 Å². The van der Waals surface area contributed by atoms with Crippen LogP contribution in [0.2, 0.25) is 0 Å². The average molecular weight is 291 g/mol.